The Labute approximate surface area is 139 Å². The van der Waals surface area contributed by atoms with Crippen LogP contribution in [-0.4, -0.2) is 13.1 Å². The Hall–Kier alpha value is -0.800. The molecule has 1 unspecified atom stereocenters. The van der Waals surface area contributed by atoms with Gasteiger partial charge in [0.05, 0.1) is 0 Å². The molecule has 0 spiro atoms. The molecule has 0 aliphatic carbocycles. The maximum absolute atomic E-state index is 13.9. The second kappa shape index (κ2) is 7.46. The standard InChI is InChI=1S/C16H15Cl3FN/c1-21-12(8-10-7-11(17)5-6-14(10)18)9-13-15(19)3-2-4-16(13)20/h2-7,12,21H,8-9H2,1H3. The van der Waals surface area contributed by atoms with Gasteiger partial charge in [0.1, 0.15) is 5.82 Å². The van der Waals surface area contributed by atoms with Crippen molar-refractivity contribution < 1.29 is 4.39 Å². The first-order chi connectivity index (χ1) is 10.0. The highest BCUT2D eigenvalue weighted by Crippen LogP contribution is 2.25. The smallest absolute Gasteiger partial charge is 0.127 e. The van der Waals surface area contributed by atoms with Crippen LogP contribution in [0.5, 0.6) is 0 Å². The van der Waals surface area contributed by atoms with Gasteiger partial charge in [-0.1, -0.05) is 40.9 Å². The normalized spacial score (nSPS) is 12.4. The molecule has 2 rings (SSSR count). The van der Waals surface area contributed by atoms with E-state index in [1.165, 1.54) is 6.07 Å². The van der Waals surface area contributed by atoms with Crippen LogP contribution in [0.1, 0.15) is 11.1 Å². The van der Waals surface area contributed by atoms with Crippen LogP contribution in [0, 0.1) is 5.82 Å². The van der Waals surface area contributed by atoms with E-state index in [4.69, 9.17) is 34.8 Å². The number of nitrogens with one attached hydrogen (secondary N) is 1. The minimum Gasteiger partial charge on any atom is -0.316 e. The molecule has 5 heteroatoms. The molecule has 2 aromatic rings. The largest absolute Gasteiger partial charge is 0.316 e. The summed E-state index contributed by atoms with van der Waals surface area (Å²) in [6.07, 6.45) is 1.12. The Balaban J connectivity index is 2.19. The summed E-state index contributed by atoms with van der Waals surface area (Å²) in [5, 5.41) is 4.90. The van der Waals surface area contributed by atoms with Crippen molar-refractivity contribution in [3.63, 3.8) is 0 Å². The Morgan fingerprint density at radius 2 is 1.81 bits per heavy atom. The van der Waals surface area contributed by atoms with Gasteiger partial charge < -0.3 is 5.32 Å². The van der Waals surface area contributed by atoms with E-state index in [0.29, 0.717) is 33.5 Å². The van der Waals surface area contributed by atoms with E-state index >= 15 is 0 Å². The second-order valence-corrected chi connectivity index (χ2v) is 6.08. The lowest BCUT2D eigenvalue weighted by Gasteiger charge is -2.18. The van der Waals surface area contributed by atoms with Crippen LogP contribution < -0.4 is 5.32 Å². The van der Waals surface area contributed by atoms with Crippen molar-refractivity contribution in [2.75, 3.05) is 7.05 Å². The van der Waals surface area contributed by atoms with Crippen molar-refractivity contribution >= 4 is 34.8 Å². The molecule has 21 heavy (non-hydrogen) atoms. The number of hydrogen-bond acceptors (Lipinski definition) is 1. The van der Waals surface area contributed by atoms with Gasteiger partial charge in [-0.15, -0.1) is 0 Å². The molecule has 0 aliphatic rings. The Morgan fingerprint density at radius 3 is 2.48 bits per heavy atom. The van der Waals surface area contributed by atoms with Crippen LogP contribution in [0.25, 0.3) is 0 Å². The average molecular weight is 347 g/mol. The topological polar surface area (TPSA) is 12.0 Å². The molecule has 0 aromatic heterocycles. The summed E-state index contributed by atoms with van der Waals surface area (Å²) in [5.74, 6) is -0.292. The maximum Gasteiger partial charge on any atom is 0.127 e. The van der Waals surface area contributed by atoms with Crippen LogP contribution in [-0.2, 0) is 12.8 Å². The van der Waals surface area contributed by atoms with Crippen molar-refractivity contribution in [2.45, 2.75) is 18.9 Å². The van der Waals surface area contributed by atoms with Crippen molar-refractivity contribution in [3.05, 3.63) is 68.4 Å². The van der Waals surface area contributed by atoms with Crippen molar-refractivity contribution in [3.8, 4) is 0 Å². The van der Waals surface area contributed by atoms with Gasteiger partial charge in [0, 0.05) is 26.7 Å². The summed E-state index contributed by atoms with van der Waals surface area (Å²) >= 11 is 18.2. The van der Waals surface area contributed by atoms with Gasteiger partial charge in [-0.2, -0.15) is 0 Å². The highest BCUT2D eigenvalue weighted by Gasteiger charge is 2.15. The first-order valence-corrected chi connectivity index (χ1v) is 7.68. The van der Waals surface area contributed by atoms with Crippen molar-refractivity contribution in [1.82, 2.24) is 5.32 Å². The van der Waals surface area contributed by atoms with E-state index in [1.807, 2.05) is 13.1 Å². The fourth-order valence-corrected chi connectivity index (χ4v) is 2.84. The molecule has 0 aliphatic heterocycles. The molecule has 1 N–H and O–H groups in total. The summed E-state index contributed by atoms with van der Waals surface area (Å²) in [5.41, 5.74) is 1.44. The molecular weight excluding hydrogens is 332 g/mol. The minimum atomic E-state index is -0.292. The first-order valence-electron chi connectivity index (χ1n) is 6.55. The summed E-state index contributed by atoms with van der Waals surface area (Å²) in [6, 6.07) is 10.1. The molecule has 0 radical (unpaired) electrons. The third-order valence-electron chi connectivity index (χ3n) is 3.39. The van der Waals surface area contributed by atoms with Crippen LogP contribution in [0.15, 0.2) is 36.4 Å². The highest BCUT2D eigenvalue weighted by atomic mass is 35.5. The van der Waals surface area contributed by atoms with Crippen molar-refractivity contribution in [2.24, 2.45) is 0 Å². The summed E-state index contributed by atoms with van der Waals surface area (Å²) in [4.78, 5) is 0. The lowest BCUT2D eigenvalue weighted by Crippen LogP contribution is -2.30. The van der Waals surface area contributed by atoms with Gasteiger partial charge >= 0.3 is 0 Å². The van der Waals surface area contributed by atoms with Gasteiger partial charge in [0.2, 0.25) is 0 Å². The van der Waals surface area contributed by atoms with Gasteiger partial charge in [0.25, 0.3) is 0 Å². The highest BCUT2D eigenvalue weighted by molar-refractivity contribution is 6.33. The quantitative estimate of drug-likeness (QED) is 0.788. The van der Waals surface area contributed by atoms with Crippen molar-refractivity contribution in [1.29, 1.82) is 0 Å². The number of likely N-dealkylation sites (N-methyl/N-ethyl adjacent to an activating group) is 1. The molecule has 0 saturated heterocycles. The van der Waals surface area contributed by atoms with E-state index in [9.17, 15) is 4.39 Å². The summed E-state index contributed by atoms with van der Waals surface area (Å²) < 4.78 is 13.9. The average Bonchev–Trinajstić information content (AvgIpc) is 2.45. The van der Waals surface area contributed by atoms with Gasteiger partial charge in [0.15, 0.2) is 0 Å². The molecule has 0 fully saturated rings. The number of halogens is 4. The Morgan fingerprint density at radius 1 is 1.05 bits per heavy atom. The fraction of sp³-hybridized carbons (Fsp3) is 0.250. The molecule has 2 aromatic carbocycles. The Bertz CT molecular complexity index is 611. The third-order valence-corrected chi connectivity index (χ3v) is 4.35. The van der Waals surface area contributed by atoms with Crippen LogP contribution in [0.2, 0.25) is 15.1 Å². The molecule has 112 valence electrons. The molecule has 0 bridgehead atoms. The number of hydrogen-bond donors (Lipinski definition) is 1. The predicted octanol–water partition coefficient (Wildman–Crippen LogP) is 5.16. The molecular formula is C16H15Cl3FN. The Kier molecular flexibility index (Phi) is 5.88. The fourth-order valence-electron chi connectivity index (χ4n) is 2.22. The lowest BCUT2D eigenvalue weighted by molar-refractivity contribution is 0.532. The molecule has 1 atom stereocenters. The van der Waals surface area contributed by atoms with Crippen LogP contribution >= 0.6 is 34.8 Å². The maximum atomic E-state index is 13.9. The SMILES string of the molecule is CNC(Cc1cc(Cl)ccc1Cl)Cc1c(F)cccc1Cl. The van der Waals surface area contributed by atoms with Gasteiger partial charge in [-0.3, -0.25) is 0 Å². The molecule has 0 amide bonds. The predicted molar refractivity (Wildman–Crippen MR) is 88.1 cm³/mol. The van der Waals surface area contributed by atoms with E-state index in [2.05, 4.69) is 5.32 Å². The van der Waals surface area contributed by atoms with E-state index in [1.54, 1.807) is 24.3 Å². The zero-order valence-electron chi connectivity index (χ0n) is 11.5. The molecule has 0 saturated carbocycles. The van der Waals surface area contributed by atoms with E-state index in [0.717, 1.165) is 5.56 Å². The summed E-state index contributed by atoms with van der Waals surface area (Å²) in [7, 11) is 1.83. The van der Waals surface area contributed by atoms with E-state index < -0.39 is 0 Å². The monoisotopic (exact) mass is 345 g/mol. The number of benzene rings is 2. The van der Waals surface area contributed by atoms with Crippen LogP contribution in [0.4, 0.5) is 4.39 Å². The molecule has 1 nitrogen and oxygen atoms in total. The van der Waals surface area contributed by atoms with Gasteiger partial charge in [-0.25, -0.2) is 4.39 Å². The third kappa shape index (κ3) is 4.33. The number of rotatable bonds is 5. The zero-order chi connectivity index (χ0) is 15.4. The summed E-state index contributed by atoms with van der Waals surface area (Å²) in [6.45, 7) is 0. The lowest BCUT2D eigenvalue weighted by atomic mass is 9.98. The minimum absolute atomic E-state index is 0.00960. The zero-order valence-corrected chi connectivity index (χ0v) is 13.7. The van der Waals surface area contributed by atoms with Crippen LogP contribution in [0.3, 0.4) is 0 Å². The first kappa shape index (κ1) is 16.6. The van der Waals surface area contributed by atoms with E-state index in [-0.39, 0.29) is 11.9 Å². The second-order valence-electron chi connectivity index (χ2n) is 4.83. The molecule has 0 heterocycles. The van der Waals surface area contributed by atoms with Gasteiger partial charge in [-0.05, 0) is 55.8 Å².